The lowest BCUT2D eigenvalue weighted by Gasteiger charge is -2.08. The van der Waals surface area contributed by atoms with Gasteiger partial charge in [0.1, 0.15) is 11.5 Å². The Morgan fingerprint density at radius 1 is 0.885 bits per heavy atom. The number of benzene rings is 2. The number of aromatic hydroxyl groups is 2. The van der Waals surface area contributed by atoms with E-state index in [1.54, 1.807) is 36.8 Å². The summed E-state index contributed by atoms with van der Waals surface area (Å²) in [6.45, 7) is 0.547. The number of hydrogen-bond donors (Lipinski definition) is 5. The number of nitrogens with one attached hydrogen (secondary N) is 3. The standard InChI is InChI=1S/C19H17N5O2/c25-15-5-1-12(2-6-15)17-18(13-3-7-16(26)8-4-13)23-24-19(17)21-10-14-9-20-11-22-14/h1-9,11,25-26H,10H2,(H,20,22)(H2,21,23,24). The van der Waals surface area contributed by atoms with Gasteiger partial charge in [0.15, 0.2) is 5.82 Å². The van der Waals surface area contributed by atoms with Crippen molar-refractivity contribution in [3.63, 3.8) is 0 Å². The molecule has 0 aliphatic rings. The van der Waals surface area contributed by atoms with Gasteiger partial charge in [-0.1, -0.05) is 12.1 Å². The van der Waals surface area contributed by atoms with Gasteiger partial charge in [-0.15, -0.1) is 0 Å². The number of phenols is 2. The van der Waals surface area contributed by atoms with E-state index in [4.69, 9.17) is 0 Å². The molecule has 2 heterocycles. The molecule has 0 spiro atoms. The highest BCUT2D eigenvalue weighted by Crippen LogP contribution is 2.37. The Balaban J connectivity index is 1.76. The maximum Gasteiger partial charge on any atom is 0.156 e. The van der Waals surface area contributed by atoms with Gasteiger partial charge in [-0.3, -0.25) is 5.10 Å². The van der Waals surface area contributed by atoms with Crippen LogP contribution in [-0.4, -0.2) is 30.4 Å². The molecule has 7 nitrogen and oxygen atoms in total. The van der Waals surface area contributed by atoms with Gasteiger partial charge in [0.25, 0.3) is 0 Å². The van der Waals surface area contributed by atoms with Crippen LogP contribution in [0.2, 0.25) is 0 Å². The molecule has 0 saturated heterocycles. The van der Waals surface area contributed by atoms with Crippen LogP contribution in [0.1, 0.15) is 5.69 Å². The molecule has 0 bridgehead atoms. The molecular formula is C19H17N5O2. The summed E-state index contributed by atoms with van der Waals surface area (Å²) in [5.41, 5.74) is 4.45. The third kappa shape index (κ3) is 3.10. The van der Waals surface area contributed by atoms with E-state index in [1.807, 2.05) is 24.3 Å². The molecule has 4 rings (SSSR count). The molecule has 0 atom stereocenters. The Hall–Kier alpha value is -3.74. The third-order valence-corrected chi connectivity index (χ3v) is 4.08. The van der Waals surface area contributed by atoms with Crippen molar-refractivity contribution in [2.24, 2.45) is 0 Å². The van der Waals surface area contributed by atoms with Crippen LogP contribution in [0.5, 0.6) is 11.5 Å². The summed E-state index contributed by atoms with van der Waals surface area (Å²) >= 11 is 0. The SMILES string of the molecule is Oc1ccc(-c2[nH]nc(NCc3cnc[nH]3)c2-c2ccc(O)cc2)cc1. The second-order valence-corrected chi connectivity index (χ2v) is 5.85. The lowest BCUT2D eigenvalue weighted by molar-refractivity contribution is 0.475. The fraction of sp³-hybridized carbons (Fsp3) is 0.0526. The van der Waals surface area contributed by atoms with Crippen molar-refractivity contribution in [3.05, 3.63) is 66.7 Å². The second kappa shape index (κ2) is 6.64. The number of hydrogen-bond acceptors (Lipinski definition) is 5. The predicted octanol–water partition coefficient (Wildman–Crippen LogP) is 3.49. The molecule has 0 radical (unpaired) electrons. The zero-order valence-corrected chi connectivity index (χ0v) is 13.8. The van der Waals surface area contributed by atoms with Crippen LogP contribution >= 0.6 is 0 Å². The van der Waals surface area contributed by atoms with Gasteiger partial charge < -0.3 is 20.5 Å². The summed E-state index contributed by atoms with van der Waals surface area (Å²) in [6.07, 6.45) is 3.38. The predicted molar refractivity (Wildman–Crippen MR) is 98.7 cm³/mol. The maximum atomic E-state index is 9.59. The Bertz CT molecular complexity index is 990. The van der Waals surface area contributed by atoms with E-state index in [9.17, 15) is 10.2 Å². The normalized spacial score (nSPS) is 10.8. The number of anilines is 1. The fourth-order valence-electron chi connectivity index (χ4n) is 2.78. The van der Waals surface area contributed by atoms with Gasteiger partial charge in [0.2, 0.25) is 0 Å². The largest absolute Gasteiger partial charge is 0.508 e. The molecule has 0 aliphatic heterocycles. The van der Waals surface area contributed by atoms with E-state index in [2.05, 4.69) is 25.5 Å². The molecule has 0 unspecified atom stereocenters. The first kappa shape index (κ1) is 15.8. The van der Waals surface area contributed by atoms with Crippen LogP contribution < -0.4 is 5.32 Å². The van der Waals surface area contributed by atoms with Gasteiger partial charge in [0, 0.05) is 11.8 Å². The van der Waals surface area contributed by atoms with E-state index in [1.165, 1.54) is 0 Å². The van der Waals surface area contributed by atoms with E-state index < -0.39 is 0 Å². The smallest absolute Gasteiger partial charge is 0.156 e. The highest BCUT2D eigenvalue weighted by molar-refractivity contribution is 5.88. The third-order valence-electron chi connectivity index (χ3n) is 4.08. The summed E-state index contributed by atoms with van der Waals surface area (Å²) in [7, 11) is 0. The maximum absolute atomic E-state index is 9.59. The van der Waals surface area contributed by atoms with Crippen molar-refractivity contribution in [3.8, 4) is 33.9 Å². The highest BCUT2D eigenvalue weighted by Gasteiger charge is 2.17. The number of H-pyrrole nitrogens is 2. The van der Waals surface area contributed by atoms with Crippen molar-refractivity contribution >= 4 is 5.82 Å². The van der Waals surface area contributed by atoms with E-state index >= 15 is 0 Å². The van der Waals surface area contributed by atoms with Crippen LogP contribution in [0.4, 0.5) is 5.82 Å². The van der Waals surface area contributed by atoms with Crippen LogP contribution in [-0.2, 0) is 6.54 Å². The van der Waals surface area contributed by atoms with E-state index in [0.717, 1.165) is 28.1 Å². The molecule has 2 aromatic carbocycles. The number of imidazole rings is 1. The molecule has 26 heavy (non-hydrogen) atoms. The van der Waals surface area contributed by atoms with Crippen LogP contribution in [0.15, 0.2) is 61.1 Å². The summed E-state index contributed by atoms with van der Waals surface area (Å²) in [6, 6.07) is 13.9. The quantitative estimate of drug-likeness (QED) is 0.380. The topological polar surface area (TPSA) is 110 Å². The molecule has 0 saturated carbocycles. The highest BCUT2D eigenvalue weighted by atomic mass is 16.3. The number of aromatic nitrogens is 4. The molecule has 7 heteroatoms. The van der Waals surface area contributed by atoms with Crippen molar-refractivity contribution < 1.29 is 10.2 Å². The van der Waals surface area contributed by atoms with Gasteiger partial charge in [0.05, 0.1) is 29.8 Å². The second-order valence-electron chi connectivity index (χ2n) is 5.85. The number of rotatable bonds is 5. The van der Waals surface area contributed by atoms with Crippen molar-refractivity contribution in [2.45, 2.75) is 6.54 Å². The Morgan fingerprint density at radius 2 is 1.54 bits per heavy atom. The average molecular weight is 347 g/mol. The monoisotopic (exact) mass is 347 g/mol. The molecule has 0 fully saturated rings. The summed E-state index contributed by atoms with van der Waals surface area (Å²) < 4.78 is 0. The van der Waals surface area contributed by atoms with Gasteiger partial charge in [-0.2, -0.15) is 5.10 Å². The number of aromatic amines is 2. The number of phenolic OH excluding ortho intramolecular Hbond substituents is 2. The van der Waals surface area contributed by atoms with Crippen LogP contribution in [0.3, 0.4) is 0 Å². The fourth-order valence-corrected chi connectivity index (χ4v) is 2.78. The summed E-state index contributed by atoms with van der Waals surface area (Å²) in [5.74, 6) is 1.10. The molecule has 2 aromatic heterocycles. The zero-order valence-electron chi connectivity index (χ0n) is 13.8. The molecule has 4 aromatic rings. The van der Waals surface area contributed by atoms with Crippen molar-refractivity contribution in [2.75, 3.05) is 5.32 Å². The lowest BCUT2D eigenvalue weighted by Crippen LogP contribution is -2.01. The Labute approximate surface area is 149 Å². The van der Waals surface area contributed by atoms with Crippen molar-refractivity contribution in [1.82, 2.24) is 20.2 Å². The van der Waals surface area contributed by atoms with Gasteiger partial charge in [-0.25, -0.2) is 4.98 Å². The molecule has 0 amide bonds. The molecule has 0 aliphatic carbocycles. The summed E-state index contributed by atoms with van der Waals surface area (Å²) in [4.78, 5) is 7.06. The average Bonchev–Trinajstić information content (AvgIpc) is 3.31. The Kier molecular flexibility index (Phi) is 4.03. The molecule has 130 valence electrons. The molecular weight excluding hydrogens is 330 g/mol. The Morgan fingerprint density at radius 3 is 2.15 bits per heavy atom. The lowest BCUT2D eigenvalue weighted by atomic mass is 10.0. The van der Waals surface area contributed by atoms with Crippen LogP contribution in [0.25, 0.3) is 22.4 Å². The first-order chi connectivity index (χ1) is 12.7. The number of nitrogens with zero attached hydrogens (tertiary/aromatic N) is 2. The molecule has 5 N–H and O–H groups in total. The minimum absolute atomic E-state index is 0.204. The van der Waals surface area contributed by atoms with Gasteiger partial charge in [-0.05, 0) is 42.0 Å². The van der Waals surface area contributed by atoms with Crippen LogP contribution in [0, 0.1) is 0 Å². The van der Waals surface area contributed by atoms with Crippen molar-refractivity contribution in [1.29, 1.82) is 0 Å². The van der Waals surface area contributed by atoms with E-state index in [-0.39, 0.29) is 11.5 Å². The minimum atomic E-state index is 0.204. The summed E-state index contributed by atoms with van der Waals surface area (Å²) in [5, 5.41) is 29.9. The zero-order chi connectivity index (χ0) is 17.9. The first-order valence-corrected chi connectivity index (χ1v) is 8.09. The minimum Gasteiger partial charge on any atom is -0.508 e. The van der Waals surface area contributed by atoms with Gasteiger partial charge >= 0.3 is 0 Å². The van der Waals surface area contributed by atoms with E-state index in [0.29, 0.717) is 12.4 Å². The first-order valence-electron chi connectivity index (χ1n) is 8.09.